The van der Waals surface area contributed by atoms with Crippen molar-refractivity contribution in [2.75, 3.05) is 10.6 Å². The van der Waals surface area contributed by atoms with Gasteiger partial charge in [-0.2, -0.15) is 0 Å². The van der Waals surface area contributed by atoms with Gasteiger partial charge in [0.05, 0.1) is 0 Å². The van der Waals surface area contributed by atoms with Crippen LogP contribution >= 0.6 is 27.3 Å². The molecule has 7 nitrogen and oxygen atoms in total. The Hall–Kier alpha value is -2.78. The maximum Gasteiger partial charge on any atom is 0.319 e. The summed E-state index contributed by atoms with van der Waals surface area (Å²) in [6.07, 6.45) is 1.60. The van der Waals surface area contributed by atoms with E-state index in [1.807, 2.05) is 62.4 Å². The molecular formula is C23H26BrN5O2S. The van der Waals surface area contributed by atoms with Crippen molar-refractivity contribution in [1.29, 1.82) is 0 Å². The Labute approximate surface area is 200 Å². The van der Waals surface area contributed by atoms with Crippen molar-refractivity contribution in [3.63, 3.8) is 0 Å². The number of carbonyl (C=O) groups is 2. The summed E-state index contributed by atoms with van der Waals surface area (Å²) in [5, 5.41) is 17.8. The van der Waals surface area contributed by atoms with Crippen LogP contribution in [0.5, 0.6) is 0 Å². The summed E-state index contributed by atoms with van der Waals surface area (Å²) in [5.41, 5.74) is 2.72. The Morgan fingerprint density at radius 1 is 1.06 bits per heavy atom. The van der Waals surface area contributed by atoms with E-state index in [0.29, 0.717) is 15.8 Å². The van der Waals surface area contributed by atoms with Gasteiger partial charge in [-0.3, -0.25) is 10.1 Å². The van der Waals surface area contributed by atoms with Crippen molar-refractivity contribution in [3.8, 4) is 10.6 Å². The van der Waals surface area contributed by atoms with Gasteiger partial charge in [0.25, 0.3) is 0 Å². The standard InChI is InChI=1S/C23H26BrN5O2S/c1-4-14(3)19(26-22(31)25-18-8-6-7-15(5-2)13-18)20(30)27-23-29-28-21(32-23)16-9-11-17(24)12-10-16/h6-14,19H,4-5H2,1-3H3,(H2,25,26,31)(H,27,29,30). The predicted octanol–water partition coefficient (Wildman–Crippen LogP) is 5.70. The molecular weight excluding hydrogens is 490 g/mol. The highest BCUT2D eigenvalue weighted by Gasteiger charge is 2.27. The molecule has 3 rings (SSSR count). The van der Waals surface area contributed by atoms with Crippen LogP contribution in [-0.2, 0) is 11.2 Å². The fourth-order valence-corrected chi connectivity index (χ4v) is 4.06. The number of benzene rings is 2. The number of amides is 3. The van der Waals surface area contributed by atoms with Crippen LogP contribution in [0.15, 0.2) is 53.0 Å². The SMILES string of the molecule is CCc1cccc(NC(=O)NC(C(=O)Nc2nnc(-c3ccc(Br)cc3)s2)C(C)CC)c1. The van der Waals surface area contributed by atoms with Crippen molar-refractivity contribution in [1.82, 2.24) is 15.5 Å². The van der Waals surface area contributed by atoms with Gasteiger partial charge in [-0.15, -0.1) is 10.2 Å². The van der Waals surface area contributed by atoms with Crippen LogP contribution in [0, 0.1) is 5.92 Å². The fourth-order valence-electron chi connectivity index (χ4n) is 3.05. The Morgan fingerprint density at radius 3 is 2.50 bits per heavy atom. The Morgan fingerprint density at radius 2 is 1.81 bits per heavy atom. The Balaban J connectivity index is 1.67. The van der Waals surface area contributed by atoms with Crippen LogP contribution in [0.4, 0.5) is 15.6 Å². The van der Waals surface area contributed by atoms with Gasteiger partial charge in [-0.05, 0) is 42.2 Å². The quantitative estimate of drug-likeness (QED) is 0.358. The smallest absolute Gasteiger partial charge is 0.319 e. The summed E-state index contributed by atoms with van der Waals surface area (Å²) >= 11 is 4.69. The second-order valence-corrected chi connectivity index (χ2v) is 9.32. The van der Waals surface area contributed by atoms with Crippen LogP contribution < -0.4 is 16.0 Å². The first-order valence-corrected chi connectivity index (χ1v) is 12.1. The predicted molar refractivity (Wildman–Crippen MR) is 133 cm³/mol. The minimum atomic E-state index is -0.714. The first-order chi connectivity index (χ1) is 15.4. The number of rotatable bonds is 8. The van der Waals surface area contributed by atoms with E-state index in [0.717, 1.165) is 28.4 Å². The van der Waals surface area contributed by atoms with Gasteiger partial charge in [0.1, 0.15) is 11.0 Å². The summed E-state index contributed by atoms with van der Waals surface area (Å²) in [7, 11) is 0. The average Bonchev–Trinajstić information content (AvgIpc) is 3.25. The molecule has 0 fully saturated rings. The molecule has 0 saturated carbocycles. The van der Waals surface area contributed by atoms with Crippen LogP contribution in [0.2, 0.25) is 0 Å². The van der Waals surface area contributed by atoms with Crippen molar-refractivity contribution in [2.45, 2.75) is 39.7 Å². The largest absolute Gasteiger partial charge is 0.326 e. The second-order valence-electron chi connectivity index (χ2n) is 7.42. The first-order valence-electron chi connectivity index (χ1n) is 10.5. The summed E-state index contributed by atoms with van der Waals surface area (Å²) in [5.74, 6) is -0.392. The summed E-state index contributed by atoms with van der Waals surface area (Å²) in [4.78, 5) is 25.6. The summed E-state index contributed by atoms with van der Waals surface area (Å²) in [6.45, 7) is 5.96. The van der Waals surface area contributed by atoms with Crippen molar-refractivity contribution < 1.29 is 9.59 Å². The highest BCUT2D eigenvalue weighted by atomic mass is 79.9. The molecule has 0 aliphatic heterocycles. The molecule has 3 aromatic rings. The number of aromatic nitrogens is 2. The zero-order valence-electron chi connectivity index (χ0n) is 18.2. The molecule has 2 atom stereocenters. The van der Waals surface area contributed by atoms with E-state index in [2.05, 4.69) is 49.0 Å². The lowest BCUT2D eigenvalue weighted by Gasteiger charge is -2.23. The number of nitrogens with zero attached hydrogens (tertiary/aromatic N) is 2. The van der Waals surface area contributed by atoms with Crippen molar-refractivity contribution in [2.24, 2.45) is 5.92 Å². The summed E-state index contributed by atoms with van der Waals surface area (Å²) in [6, 6.07) is 14.2. The number of hydrogen-bond acceptors (Lipinski definition) is 5. The van der Waals surface area contributed by atoms with Gasteiger partial charge in [-0.1, -0.05) is 78.7 Å². The lowest BCUT2D eigenvalue weighted by atomic mass is 9.98. The average molecular weight is 516 g/mol. The van der Waals surface area contributed by atoms with Crippen molar-refractivity contribution >= 4 is 50.0 Å². The van der Waals surface area contributed by atoms with E-state index in [9.17, 15) is 9.59 Å². The van der Waals surface area contributed by atoms with Crippen LogP contribution in [0.25, 0.3) is 10.6 Å². The molecule has 2 unspecified atom stereocenters. The third kappa shape index (κ3) is 6.37. The van der Waals surface area contributed by atoms with E-state index < -0.39 is 12.1 Å². The third-order valence-electron chi connectivity index (χ3n) is 5.12. The highest BCUT2D eigenvalue weighted by molar-refractivity contribution is 9.10. The zero-order chi connectivity index (χ0) is 23.1. The van der Waals surface area contributed by atoms with E-state index in [1.54, 1.807) is 0 Å². The molecule has 2 aromatic carbocycles. The molecule has 3 N–H and O–H groups in total. The topological polar surface area (TPSA) is 96.0 Å². The van der Waals surface area contributed by atoms with E-state index in [1.165, 1.54) is 11.3 Å². The minimum Gasteiger partial charge on any atom is -0.326 e. The van der Waals surface area contributed by atoms with Crippen molar-refractivity contribution in [3.05, 3.63) is 58.6 Å². The fraction of sp³-hybridized carbons (Fsp3) is 0.304. The maximum absolute atomic E-state index is 13.0. The lowest BCUT2D eigenvalue weighted by molar-refractivity contribution is -0.119. The normalized spacial score (nSPS) is 12.6. The molecule has 3 amide bonds. The summed E-state index contributed by atoms with van der Waals surface area (Å²) < 4.78 is 0.974. The van der Waals surface area contributed by atoms with Gasteiger partial charge in [0, 0.05) is 15.7 Å². The number of halogens is 1. The van der Waals surface area contributed by atoms with Gasteiger partial charge in [0.2, 0.25) is 11.0 Å². The van der Waals surface area contributed by atoms with Crippen LogP contribution in [0.1, 0.15) is 32.8 Å². The minimum absolute atomic E-state index is 0.0680. The highest BCUT2D eigenvalue weighted by Crippen LogP contribution is 2.27. The maximum atomic E-state index is 13.0. The Bertz CT molecular complexity index is 1070. The van der Waals surface area contributed by atoms with E-state index in [4.69, 9.17) is 0 Å². The molecule has 0 aliphatic carbocycles. The third-order valence-corrected chi connectivity index (χ3v) is 6.54. The molecule has 32 heavy (non-hydrogen) atoms. The lowest BCUT2D eigenvalue weighted by Crippen LogP contribution is -2.49. The number of anilines is 2. The van der Waals surface area contributed by atoms with E-state index in [-0.39, 0.29) is 11.8 Å². The van der Waals surface area contributed by atoms with Crippen LogP contribution in [-0.4, -0.2) is 28.2 Å². The molecule has 0 aliphatic rings. The zero-order valence-corrected chi connectivity index (χ0v) is 20.6. The number of aryl methyl sites for hydroxylation is 1. The van der Waals surface area contributed by atoms with Gasteiger partial charge in [-0.25, -0.2) is 4.79 Å². The molecule has 168 valence electrons. The van der Waals surface area contributed by atoms with Crippen LogP contribution in [0.3, 0.4) is 0 Å². The molecule has 0 bridgehead atoms. The Kier molecular flexibility index (Phi) is 8.35. The molecule has 1 heterocycles. The molecule has 9 heteroatoms. The monoisotopic (exact) mass is 515 g/mol. The second kappa shape index (κ2) is 11.2. The van der Waals surface area contributed by atoms with Gasteiger partial charge >= 0.3 is 6.03 Å². The number of carbonyl (C=O) groups excluding carboxylic acids is 2. The molecule has 0 radical (unpaired) electrons. The van der Waals surface area contributed by atoms with E-state index >= 15 is 0 Å². The molecule has 1 aromatic heterocycles. The number of urea groups is 1. The van der Waals surface area contributed by atoms with Gasteiger partial charge in [0.15, 0.2) is 0 Å². The number of nitrogens with one attached hydrogen (secondary N) is 3. The number of hydrogen-bond donors (Lipinski definition) is 3. The molecule has 0 spiro atoms. The first kappa shape index (κ1) is 23.9. The molecule has 0 saturated heterocycles. The van der Waals surface area contributed by atoms with Gasteiger partial charge < -0.3 is 10.6 Å².